The molecule has 7 heteroatoms. The third-order valence-corrected chi connectivity index (χ3v) is 7.06. The van der Waals surface area contributed by atoms with E-state index in [4.69, 9.17) is 23.7 Å². The zero-order chi connectivity index (χ0) is 22.3. The molecule has 4 rings (SSSR count). The van der Waals surface area contributed by atoms with E-state index in [9.17, 15) is 4.21 Å². The van der Waals surface area contributed by atoms with Gasteiger partial charge < -0.3 is 23.7 Å². The van der Waals surface area contributed by atoms with Crippen LogP contribution in [0.5, 0.6) is 0 Å². The summed E-state index contributed by atoms with van der Waals surface area (Å²) < 4.78 is 43.9. The van der Waals surface area contributed by atoms with Gasteiger partial charge in [-0.05, 0) is 5.56 Å². The summed E-state index contributed by atoms with van der Waals surface area (Å²) in [6.45, 7) is 6.63. The van der Waals surface area contributed by atoms with Crippen molar-refractivity contribution < 1.29 is 27.9 Å². The molecule has 0 amide bonds. The fraction of sp³-hybridized carbons (Fsp3) is 0.440. The largest absolute Gasteiger partial charge is 0.368 e. The van der Waals surface area contributed by atoms with E-state index in [2.05, 4.69) is 6.58 Å². The molecule has 172 valence electrons. The Balaban J connectivity index is 1.61. The molecular formula is C25H30O6S. The lowest BCUT2D eigenvalue weighted by molar-refractivity contribution is -0.328. The smallest absolute Gasteiger partial charge is 0.184 e. The molecule has 2 aliphatic rings. The van der Waals surface area contributed by atoms with Gasteiger partial charge in [0.25, 0.3) is 0 Å². The highest BCUT2D eigenvalue weighted by molar-refractivity contribution is 7.85. The number of benzene rings is 2. The Bertz CT molecular complexity index is 877. The van der Waals surface area contributed by atoms with Crippen molar-refractivity contribution in [3.05, 3.63) is 84.4 Å². The Kier molecular flexibility index (Phi) is 8.24. The third kappa shape index (κ3) is 5.36. The molecule has 0 aromatic heterocycles. The number of hydrogen-bond acceptors (Lipinski definition) is 6. The fourth-order valence-corrected chi connectivity index (χ4v) is 5.14. The second-order valence-corrected chi connectivity index (χ2v) is 9.54. The predicted octanol–water partition coefficient (Wildman–Crippen LogP) is 3.75. The van der Waals surface area contributed by atoms with Gasteiger partial charge in [0.2, 0.25) is 0 Å². The third-order valence-electron chi connectivity index (χ3n) is 5.59. The molecule has 2 aromatic rings. The van der Waals surface area contributed by atoms with E-state index in [1.165, 1.54) is 0 Å². The van der Waals surface area contributed by atoms with E-state index in [-0.39, 0.29) is 0 Å². The van der Waals surface area contributed by atoms with Crippen LogP contribution in [0, 0.1) is 0 Å². The lowest BCUT2D eigenvalue weighted by atomic mass is 9.98. The maximum Gasteiger partial charge on any atom is 0.184 e. The van der Waals surface area contributed by atoms with Crippen molar-refractivity contribution >= 4 is 10.8 Å². The molecule has 32 heavy (non-hydrogen) atoms. The molecule has 2 heterocycles. The van der Waals surface area contributed by atoms with Crippen molar-refractivity contribution in [1.29, 1.82) is 0 Å². The van der Waals surface area contributed by atoms with Gasteiger partial charge in [-0.3, -0.25) is 4.21 Å². The van der Waals surface area contributed by atoms with Crippen LogP contribution in [0.25, 0.3) is 0 Å². The Labute approximate surface area is 191 Å². The molecular weight excluding hydrogens is 428 g/mol. The molecule has 2 aromatic carbocycles. The standard InChI is InChI=1S/C25H30O6S/c1-3-15-27-23-22(28-16-18-11-7-5-8-12-18)21-20(30-25(23)32(26)4-2)17-29-24(31-21)19-13-9-6-10-14-19/h3,5-14,20-25H,1,4,15-17H2,2H3/t20-,21-,22+,23+,24-,25-,32?/m1/s1. The van der Waals surface area contributed by atoms with Crippen LogP contribution in [0.2, 0.25) is 0 Å². The molecule has 0 saturated carbocycles. The van der Waals surface area contributed by atoms with E-state index in [1.54, 1.807) is 6.08 Å². The van der Waals surface area contributed by atoms with Crippen LogP contribution >= 0.6 is 0 Å². The zero-order valence-corrected chi connectivity index (χ0v) is 19.0. The van der Waals surface area contributed by atoms with E-state index < -0.39 is 46.9 Å². The summed E-state index contributed by atoms with van der Waals surface area (Å²) in [4.78, 5) is 0. The maximum absolute atomic E-state index is 12.9. The van der Waals surface area contributed by atoms with E-state index >= 15 is 0 Å². The minimum atomic E-state index is -1.25. The molecule has 0 radical (unpaired) electrons. The normalized spacial score (nSPS) is 30.9. The summed E-state index contributed by atoms with van der Waals surface area (Å²) in [7, 11) is -1.25. The molecule has 0 bridgehead atoms. The zero-order valence-electron chi connectivity index (χ0n) is 18.2. The SMILES string of the molecule is C=CCO[C@H]1[C@@H](OCc2ccccc2)[C@@H]2O[C@H](c3ccccc3)OC[C@H]2O[C@@H]1S(=O)CC. The van der Waals surface area contributed by atoms with Crippen molar-refractivity contribution in [2.45, 2.75) is 49.7 Å². The number of hydrogen-bond donors (Lipinski definition) is 0. The summed E-state index contributed by atoms with van der Waals surface area (Å²) in [6.07, 6.45) is -0.739. The average molecular weight is 459 g/mol. The second-order valence-electron chi connectivity index (χ2n) is 7.74. The first kappa shape index (κ1) is 23.3. The molecule has 0 aliphatic carbocycles. The van der Waals surface area contributed by atoms with Crippen LogP contribution in [0.1, 0.15) is 24.3 Å². The molecule has 2 aliphatic heterocycles. The van der Waals surface area contributed by atoms with Crippen LogP contribution in [0.3, 0.4) is 0 Å². The van der Waals surface area contributed by atoms with Gasteiger partial charge in [-0.15, -0.1) is 6.58 Å². The Morgan fingerprint density at radius 3 is 2.44 bits per heavy atom. The van der Waals surface area contributed by atoms with Crippen LogP contribution in [0.15, 0.2) is 73.3 Å². The quantitative estimate of drug-likeness (QED) is 0.534. The Hall–Kier alpha value is -1.87. The van der Waals surface area contributed by atoms with Gasteiger partial charge in [0, 0.05) is 11.3 Å². The summed E-state index contributed by atoms with van der Waals surface area (Å²) in [5.74, 6) is 0.454. The summed E-state index contributed by atoms with van der Waals surface area (Å²) in [6, 6.07) is 19.7. The van der Waals surface area contributed by atoms with E-state index in [0.717, 1.165) is 11.1 Å². The van der Waals surface area contributed by atoms with Crippen molar-refractivity contribution in [3.63, 3.8) is 0 Å². The van der Waals surface area contributed by atoms with E-state index in [0.29, 0.717) is 25.6 Å². The molecule has 6 nitrogen and oxygen atoms in total. The lowest BCUT2D eigenvalue weighted by Crippen LogP contribution is -2.64. The minimum absolute atomic E-state index is 0.298. The van der Waals surface area contributed by atoms with Crippen LogP contribution in [0.4, 0.5) is 0 Å². The van der Waals surface area contributed by atoms with Gasteiger partial charge in [-0.1, -0.05) is 73.7 Å². The summed E-state index contributed by atoms with van der Waals surface area (Å²) in [5.41, 5.74) is 1.33. The predicted molar refractivity (Wildman–Crippen MR) is 122 cm³/mol. The fourth-order valence-electron chi connectivity index (χ4n) is 4.01. The Morgan fingerprint density at radius 1 is 1.03 bits per heavy atom. The Morgan fingerprint density at radius 2 is 1.75 bits per heavy atom. The van der Waals surface area contributed by atoms with Crippen molar-refractivity contribution in [1.82, 2.24) is 0 Å². The van der Waals surface area contributed by atoms with Gasteiger partial charge in [-0.2, -0.15) is 0 Å². The number of fused-ring (bicyclic) bond motifs is 1. The maximum atomic E-state index is 12.9. The van der Waals surface area contributed by atoms with Crippen LogP contribution in [-0.2, 0) is 41.1 Å². The molecule has 2 fully saturated rings. The van der Waals surface area contributed by atoms with Crippen LogP contribution < -0.4 is 0 Å². The highest BCUT2D eigenvalue weighted by Gasteiger charge is 2.52. The summed E-state index contributed by atoms with van der Waals surface area (Å²) >= 11 is 0. The number of rotatable bonds is 9. The van der Waals surface area contributed by atoms with Gasteiger partial charge in [-0.25, -0.2) is 0 Å². The molecule has 1 unspecified atom stereocenters. The van der Waals surface area contributed by atoms with Gasteiger partial charge in [0.1, 0.15) is 24.4 Å². The lowest BCUT2D eigenvalue weighted by Gasteiger charge is -2.48. The van der Waals surface area contributed by atoms with Gasteiger partial charge >= 0.3 is 0 Å². The molecule has 0 N–H and O–H groups in total. The molecule has 7 atom stereocenters. The van der Waals surface area contributed by atoms with Crippen molar-refractivity contribution in [3.8, 4) is 0 Å². The average Bonchev–Trinajstić information content (AvgIpc) is 2.86. The van der Waals surface area contributed by atoms with E-state index in [1.807, 2.05) is 67.6 Å². The van der Waals surface area contributed by atoms with Gasteiger partial charge in [0.05, 0.1) is 30.6 Å². The molecule has 0 spiro atoms. The first-order valence-corrected chi connectivity index (χ1v) is 12.3. The van der Waals surface area contributed by atoms with Crippen molar-refractivity contribution in [2.24, 2.45) is 0 Å². The van der Waals surface area contributed by atoms with Crippen LogP contribution in [-0.4, -0.2) is 53.0 Å². The van der Waals surface area contributed by atoms with Crippen molar-refractivity contribution in [2.75, 3.05) is 19.0 Å². The monoisotopic (exact) mass is 458 g/mol. The first-order chi connectivity index (χ1) is 15.7. The molecule has 2 saturated heterocycles. The first-order valence-electron chi connectivity index (χ1n) is 10.9. The summed E-state index contributed by atoms with van der Waals surface area (Å²) in [5, 5.41) is 0. The topological polar surface area (TPSA) is 63.2 Å². The minimum Gasteiger partial charge on any atom is -0.368 e. The highest BCUT2D eigenvalue weighted by Crippen LogP contribution is 2.37. The number of ether oxygens (including phenoxy) is 5. The van der Waals surface area contributed by atoms with Gasteiger partial charge in [0.15, 0.2) is 11.7 Å². The highest BCUT2D eigenvalue weighted by atomic mass is 32.2. The second kappa shape index (κ2) is 11.3.